The second kappa shape index (κ2) is 9.55. The molecular weight excluding hydrogens is 340 g/mol. The normalized spacial score (nSPS) is 15.6. The summed E-state index contributed by atoms with van der Waals surface area (Å²) in [5.41, 5.74) is 0.742. The standard InChI is InChI=1S/C21H30N4O2/c1-3-20-22-11-14-25(20)15-17-9-12-24(13-10-17)16-21(26)23-18-7-5-6-8-19(18)27-4-2/h5-8,11,14,17H,3-4,9-10,12-13,15-16H2,1-2H3,(H,23,26). The number of hydrogen-bond donors (Lipinski definition) is 1. The zero-order chi connectivity index (χ0) is 19.1. The van der Waals surface area contributed by atoms with Crippen molar-refractivity contribution in [2.24, 2.45) is 5.92 Å². The number of likely N-dealkylation sites (tertiary alicyclic amines) is 1. The largest absolute Gasteiger partial charge is 0.492 e. The molecule has 1 amide bonds. The zero-order valence-electron chi connectivity index (χ0n) is 16.4. The Balaban J connectivity index is 1.46. The van der Waals surface area contributed by atoms with Crippen LogP contribution in [0.5, 0.6) is 5.75 Å². The second-order valence-corrected chi connectivity index (χ2v) is 7.05. The van der Waals surface area contributed by atoms with Crippen LogP contribution in [-0.4, -0.2) is 46.6 Å². The van der Waals surface area contributed by atoms with Crippen molar-refractivity contribution in [1.82, 2.24) is 14.5 Å². The van der Waals surface area contributed by atoms with Gasteiger partial charge in [0.05, 0.1) is 18.8 Å². The maximum Gasteiger partial charge on any atom is 0.238 e. The molecule has 2 heterocycles. The summed E-state index contributed by atoms with van der Waals surface area (Å²) in [6, 6.07) is 7.58. The number of hydrogen-bond acceptors (Lipinski definition) is 4. The molecule has 1 fully saturated rings. The van der Waals surface area contributed by atoms with Crippen LogP contribution in [0.15, 0.2) is 36.7 Å². The van der Waals surface area contributed by atoms with Gasteiger partial charge >= 0.3 is 0 Å². The number of carbonyl (C=O) groups is 1. The number of piperidine rings is 1. The Labute approximate surface area is 161 Å². The van der Waals surface area contributed by atoms with Crippen molar-refractivity contribution in [2.45, 2.75) is 39.7 Å². The molecular formula is C21H30N4O2. The van der Waals surface area contributed by atoms with Crippen LogP contribution in [0.2, 0.25) is 0 Å². The highest BCUT2D eigenvalue weighted by molar-refractivity contribution is 5.93. The molecule has 1 aromatic heterocycles. The van der Waals surface area contributed by atoms with Gasteiger partial charge in [0.1, 0.15) is 11.6 Å². The van der Waals surface area contributed by atoms with Gasteiger partial charge in [-0.25, -0.2) is 4.98 Å². The zero-order valence-corrected chi connectivity index (χ0v) is 16.4. The Kier molecular flexibility index (Phi) is 6.87. The molecule has 6 heteroatoms. The number of nitrogens with zero attached hydrogens (tertiary/aromatic N) is 3. The Bertz CT molecular complexity index is 735. The number of aromatic nitrogens is 2. The van der Waals surface area contributed by atoms with Gasteiger partial charge in [-0.05, 0) is 50.9 Å². The highest BCUT2D eigenvalue weighted by atomic mass is 16.5. The summed E-state index contributed by atoms with van der Waals surface area (Å²) in [6.07, 6.45) is 7.16. The molecule has 0 atom stereocenters. The molecule has 1 aliphatic rings. The van der Waals surface area contributed by atoms with Crippen LogP contribution >= 0.6 is 0 Å². The highest BCUT2D eigenvalue weighted by Gasteiger charge is 2.22. The van der Waals surface area contributed by atoms with E-state index in [9.17, 15) is 4.79 Å². The number of carbonyl (C=O) groups excluding carboxylic acids is 1. The molecule has 0 aliphatic carbocycles. The summed E-state index contributed by atoms with van der Waals surface area (Å²) in [7, 11) is 0. The van der Waals surface area contributed by atoms with Gasteiger partial charge in [-0.2, -0.15) is 0 Å². The van der Waals surface area contributed by atoms with Crippen LogP contribution in [-0.2, 0) is 17.8 Å². The Morgan fingerprint density at radius 1 is 1.26 bits per heavy atom. The van der Waals surface area contributed by atoms with Crippen molar-refractivity contribution < 1.29 is 9.53 Å². The van der Waals surface area contributed by atoms with E-state index in [1.807, 2.05) is 37.4 Å². The van der Waals surface area contributed by atoms with E-state index in [1.54, 1.807) is 0 Å². The van der Waals surface area contributed by atoms with Crippen LogP contribution in [0, 0.1) is 5.92 Å². The predicted octanol–water partition coefficient (Wildman–Crippen LogP) is 3.19. The lowest BCUT2D eigenvalue weighted by Crippen LogP contribution is -2.40. The van der Waals surface area contributed by atoms with Crippen LogP contribution in [0.4, 0.5) is 5.69 Å². The maximum atomic E-state index is 12.4. The van der Waals surface area contributed by atoms with Gasteiger partial charge in [0.15, 0.2) is 0 Å². The number of rotatable bonds is 8. The number of benzene rings is 1. The second-order valence-electron chi connectivity index (χ2n) is 7.05. The molecule has 1 aliphatic heterocycles. The van der Waals surface area contributed by atoms with E-state index in [0.29, 0.717) is 19.1 Å². The van der Waals surface area contributed by atoms with Gasteiger partial charge in [-0.3, -0.25) is 9.69 Å². The van der Waals surface area contributed by atoms with E-state index >= 15 is 0 Å². The first-order chi connectivity index (χ1) is 13.2. The molecule has 27 heavy (non-hydrogen) atoms. The van der Waals surface area contributed by atoms with Gasteiger partial charge in [0.2, 0.25) is 5.91 Å². The van der Waals surface area contributed by atoms with Gasteiger partial charge in [-0.1, -0.05) is 19.1 Å². The minimum Gasteiger partial charge on any atom is -0.492 e. The predicted molar refractivity (Wildman–Crippen MR) is 107 cm³/mol. The number of para-hydroxylation sites is 2. The molecule has 0 bridgehead atoms. The van der Waals surface area contributed by atoms with Gasteiger partial charge in [0.25, 0.3) is 0 Å². The Morgan fingerprint density at radius 2 is 2.04 bits per heavy atom. The summed E-state index contributed by atoms with van der Waals surface area (Å²) < 4.78 is 7.85. The van der Waals surface area contributed by atoms with E-state index in [2.05, 4.69) is 32.9 Å². The average Bonchev–Trinajstić information content (AvgIpc) is 3.12. The Hall–Kier alpha value is -2.34. The van der Waals surface area contributed by atoms with E-state index in [1.165, 1.54) is 0 Å². The number of amides is 1. The third kappa shape index (κ3) is 5.32. The first kappa shape index (κ1) is 19.4. The summed E-state index contributed by atoms with van der Waals surface area (Å²) >= 11 is 0. The third-order valence-electron chi connectivity index (χ3n) is 5.11. The van der Waals surface area contributed by atoms with E-state index < -0.39 is 0 Å². The molecule has 6 nitrogen and oxygen atoms in total. The van der Waals surface area contributed by atoms with Crippen LogP contribution in [0.25, 0.3) is 0 Å². The quantitative estimate of drug-likeness (QED) is 0.775. The van der Waals surface area contributed by atoms with Crippen LogP contribution in [0.3, 0.4) is 0 Å². The summed E-state index contributed by atoms with van der Waals surface area (Å²) in [5, 5.41) is 2.99. The molecule has 146 valence electrons. The molecule has 3 rings (SSSR count). The fourth-order valence-corrected chi connectivity index (χ4v) is 3.67. The lowest BCUT2D eigenvalue weighted by atomic mass is 9.96. The summed E-state index contributed by atoms with van der Waals surface area (Å²) in [6.45, 7) is 8.04. The van der Waals surface area contributed by atoms with Crippen molar-refractivity contribution >= 4 is 11.6 Å². The minimum absolute atomic E-state index is 0.0171. The van der Waals surface area contributed by atoms with Crippen LogP contribution in [0.1, 0.15) is 32.5 Å². The first-order valence-electron chi connectivity index (χ1n) is 9.93. The smallest absolute Gasteiger partial charge is 0.238 e. The third-order valence-corrected chi connectivity index (χ3v) is 5.11. The summed E-state index contributed by atoms with van der Waals surface area (Å²) in [4.78, 5) is 19.1. The van der Waals surface area contributed by atoms with E-state index in [0.717, 1.165) is 56.2 Å². The Morgan fingerprint density at radius 3 is 2.78 bits per heavy atom. The average molecular weight is 370 g/mol. The van der Waals surface area contributed by atoms with Crippen LogP contribution < -0.4 is 10.1 Å². The number of imidazole rings is 1. The number of nitrogens with one attached hydrogen (secondary N) is 1. The molecule has 0 radical (unpaired) electrons. The molecule has 0 unspecified atom stereocenters. The maximum absolute atomic E-state index is 12.4. The SMILES string of the molecule is CCOc1ccccc1NC(=O)CN1CCC(Cn2ccnc2CC)CC1. The van der Waals surface area contributed by atoms with Crippen molar-refractivity contribution in [3.63, 3.8) is 0 Å². The lowest BCUT2D eigenvalue weighted by molar-refractivity contribution is -0.117. The van der Waals surface area contributed by atoms with Crippen molar-refractivity contribution in [2.75, 3.05) is 31.6 Å². The molecule has 1 N–H and O–H groups in total. The van der Waals surface area contributed by atoms with Crippen molar-refractivity contribution in [3.05, 3.63) is 42.5 Å². The van der Waals surface area contributed by atoms with E-state index in [4.69, 9.17) is 4.74 Å². The number of anilines is 1. The minimum atomic E-state index is 0.0171. The monoisotopic (exact) mass is 370 g/mol. The molecule has 2 aromatic rings. The van der Waals surface area contributed by atoms with Crippen molar-refractivity contribution in [1.29, 1.82) is 0 Å². The van der Waals surface area contributed by atoms with Crippen molar-refractivity contribution in [3.8, 4) is 5.75 Å². The number of ether oxygens (including phenoxy) is 1. The van der Waals surface area contributed by atoms with Gasteiger partial charge in [-0.15, -0.1) is 0 Å². The summed E-state index contributed by atoms with van der Waals surface area (Å²) in [5.74, 6) is 2.55. The molecule has 0 spiro atoms. The fraction of sp³-hybridized carbons (Fsp3) is 0.524. The molecule has 1 saturated heterocycles. The molecule has 0 saturated carbocycles. The fourth-order valence-electron chi connectivity index (χ4n) is 3.67. The first-order valence-corrected chi connectivity index (χ1v) is 9.93. The van der Waals surface area contributed by atoms with Gasteiger partial charge < -0.3 is 14.6 Å². The lowest BCUT2D eigenvalue weighted by Gasteiger charge is -2.31. The topological polar surface area (TPSA) is 59.4 Å². The number of aryl methyl sites for hydroxylation is 1. The highest BCUT2D eigenvalue weighted by Crippen LogP contribution is 2.24. The van der Waals surface area contributed by atoms with Gasteiger partial charge in [0, 0.05) is 25.4 Å². The molecule has 1 aromatic carbocycles. The van der Waals surface area contributed by atoms with E-state index in [-0.39, 0.29) is 5.91 Å².